The zero-order chi connectivity index (χ0) is 70.2. The Balaban J connectivity index is 0.922. The van der Waals surface area contributed by atoms with Crippen LogP contribution in [0.3, 0.4) is 0 Å². The Morgan fingerprint density at radius 1 is 0.280 bits per heavy atom. The van der Waals surface area contributed by atoms with Crippen LogP contribution in [-0.4, -0.2) is 235 Å². The Morgan fingerprint density at radius 3 is 0.820 bits per heavy atom. The zero-order valence-corrected chi connectivity index (χ0v) is 57.3. The van der Waals surface area contributed by atoms with Crippen molar-refractivity contribution in [2.24, 2.45) is 11.8 Å². The van der Waals surface area contributed by atoms with Crippen molar-refractivity contribution in [3.63, 3.8) is 0 Å². The normalized spacial score (nSPS) is 31.0. The molecule has 26 heteroatoms. The molecule has 532 valence electrons. The van der Waals surface area contributed by atoms with Crippen molar-refractivity contribution in [2.75, 3.05) is 26.4 Å². The third-order valence-electron chi connectivity index (χ3n) is 20.0. The maximum absolute atomic E-state index is 11.0. The van der Waals surface area contributed by atoms with Crippen molar-refractivity contribution in [3.8, 4) is 0 Å². The van der Waals surface area contributed by atoms with Crippen LogP contribution in [0.1, 0.15) is 80.1 Å². The zero-order valence-electron chi connectivity index (χ0n) is 54.1. The monoisotopic (exact) mass is 1440 g/mol. The number of ether oxygens (including phenoxy) is 2. The number of aromatic nitrogens is 4. The number of nitrogens with one attached hydrogen (secondary N) is 4. The number of hydrogen-bond acceptors (Lipinski definition) is 22. The van der Waals surface area contributed by atoms with Gasteiger partial charge in [-0.2, -0.15) is 23.5 Å². The Morgan fingerprint density at radius 2 is 0.550 bits per heavy atom. The molecule has 2 saturated heterocycles. The molecule has 5 aliphatic rings. The molecule has 8 aromatic rings. The maximum Gasteiger partial charge on any atom is 0.132 e. The van der Waals surface area contributed by atoms with Crippen molar-refractivity contribution >= 4 is 69.3 Å². The Labute approximate surface area is 592 Å². The van der Waals surface area contributed by atoms with Crippen molar-refractivity contribution < 1.29 is 91.2 Å². The van der Waals surface area contributed by atoms with E-state index in [2.05, 4.69) is 19.9 Å². The highest BCUT2D eigenvalue weighted by Gasteiger charge is 2.46. The van der Waals surface area contributed by atoms with E-state index in [0.29, 0.717) is 35.9 Å². The van der Waals surface area contributed by atoms with E-state index in [1.807, 2.05) is 146 Å². The summed E-state index contributed by atoms with van der Waals surface area (Å²) in [5.41, 5.74) is 11.5. The highest BCUT2D eigenvalue weighted by molar-refractivity contribution is 7.99. The van der Waals surface area contributed by atoms with Gasteiger partial charge in [0.15, 0.2) is 0 Å². The van der Waals surface area contributed by atoms with Gasteiger partial charge in [-0.15, -0.1) is 23.5 Å². The smallest absolute Gasteiger partial charge is 0.132 e. The van der Waals surface area contributed by atoms with Crippen LogP contribution in [0.25, 0.3) is 22.3 Å². The minimum absolute atomic E-state index is 0.319. The second kappa shape index (κ2) is 31.6. The first-order chi connectivity index (χ1) is 48.3. The minimum Gasteiger partial charge on any atom is -0.396 e. The molecule has 20 atom stereocenters. The summed E-state index contributed by atoms with van der Waals surface area (Å²) < 4.78 is 11.6. The van der Waals surface area contributed by atoms with Gasteiger partial charge in [-0.05, 0) is 106 Å². The largest absolute Gasteiger partial charge is 0.396 e. The highest BCUT2D eigenvalue weighted by atomic mass is 32.2. The van der Waals surface area contributed by atoms with Crippen molar-refractivity contribution in [3.05, 3.63) is 234 Å². The first kappa shape index (κ1) is 72.5. The van der Waals surface area contributed by atoms with E-state index in [9.17, 15) is 81.7 Å². The fourth-order valence-corrected chi connectivity index (χ4v) is 19.0. The maximum atomic E-state index is 11.0. The standard InChI is InChI=1S/C74H84N4O18S4/c79-27-43-25-55(65(87)67(89)61(43)83)97-31-35-1-9-39(10-2-35)57-45-17-18-46(75-45)58(40-11-3-36(4-12-40)32-98-56-26-44(28-80)62(84)68(90)66(56)88)48-20-22-50(77-48)60(42-15-7-38(8-16-42)34-100-74-72(94)70(92)64(86)54(30-82)96-74)52-24-23-51(78-52)59(49-21-19-47(57)76-49)41-13-5-37(6-14-41)33-99-73-71(93)69(91)63(85)53(29-81)95-73/h1-24,43-44,53-56,61-94H,25-34H2. The summed E-state index contributed by atoms with van der Waals surface area (Å²) in [6.45, 7) is -1.71. The third-order valence-corrected chi connectivity index (χ3v) is 25.2. The van der Waals surface area contributed by atoms with Gasteiger partial charge in [-0.1, -0.05) is 97.1 Å². The van der Waals surface area contributed by atoms with Crippen molar-refractivity contribution in [1.29, 1.82) is 0 Å². The fraction of sp³-hybridized carbons (Fsp3) is 0.405. The summed E-state index contributed by atoms with van der Waals surface area (Å²) in [6, 6.07) is 48.5. The molecule has 4 aromatic heterocycles. The van der Waals surface area contributed by atoms with Gasteiger partial charge in [0.1, 0.15) is 71.9 Å². The van der Waals surface area contributed by atoms with Gasteiger partial charge in [0.25, 0.3) is 0 Å². The van der Waals surface area contributed by atoms with Gasteiger partial charge in [0.05, 0.1) is 37.6 Å². The molecule has 2 aliphatic carbocycles. The molecule has 8 bridgehead atoms. The molecular weight excluding hydrogens is 1360 g/mol. The van der Waals surface area contributed by atoms with Crippen LogP contribution in [0.5, 0.6) is 0 Å². The highest BCUT2D eigenvalue weighted by Crippen LogP contribution is 2.39. The fourth-order valence-electron chi connectivity index (χ4n) is 14.1. The number of aromatic amines is 4. The molecule has 20 unspecified atom stereocenters. The number of H-pyrrole nitrogens is 4. The molecule has 0 amide bonds. The van der Waals surface area contributed by atoms with Crippen LogP contribution < -0.4 is 21.4 Å². The molecular formula is C74H84N4O18S4. The average Bonchev–Trinajstić information content (AvgIpc) is 1.58. The van der Waals surface area contributed by atoms with Gasteiger partial charge >= 0.3 is 0 Å². The average molecular weight is 1450 g/mol. The molecule has 0 radical (unpaired) electrons. The lowest BCUT2D eigenvalue weighted by atomic mass is 9.83. The minimum atomic E-state index is -1.51. The van der Waals surface area contributed by atoms with Crippen LogP contribution in [0.15, 0.2) is 146 Å². The number of fused-ring (bicyclic) bond motifs is 8. The molecule has 13 rings (SSSR count). The van der Waals surface area contributed by atoms with E-state index in [-0.39, 0.29) is 13.2 Å². The van der Waals surface area contributed by atoms with E-state index < -0.39 is 132 Å². The lowest BCUT2D eigenvalue weighted by Crippen LogP contribution is -2.57. The Kier molecular flexibility index (Phi) is 22.9. The number of hydrogen-bond donors (Lipinski definition) is 20. The van der Waals surface area contributed by atoms with E-state index in [4.69, 9.17) is 9.47 Å². The van der Waals surface area contributed by atoms with E-state index in [0.717, 1.165) is 111 Å². The van der Waals surface area contributed by atoms with Crippen LogP contribution in [0, 0.1) is 11.8 Å². The predicted octanol–water partition coefficient (Wildman–Crippen LogP) is -0.239. The summed E-state index contributed by atoms with van der Waals surface area (Å²) in [4.78, 5) is 15.3. The quantitative estimate of drug-likeness (QED) is 0.0468. The van der Waals surface area contributed by atoms with Crippen LogP contribution in [0.2, 0.25) is 0 Å². The van der Waals surface area contributed by atoms with Crippen molar-refractivity contribution in [1.82, 2.24) is 19.9 Å². The molecule has 3 aliphatic heterocycles. The van der Waals surface area contributed by atoms with Gasteiger partial charge in [-0.25, -0.2) is 0 Å². The summed E-state index contributed by atoms with van der Waals surface area (Å²) in [6.07, 6.45) is -17.8. The lowest BCUT2D eigenvalue weighted by Gasteiger charge is -2.39. The predicted molar refractivity (Wildman–Crippen MR) is 381 cm³/mol. The van der Waals surface area contributed by atoms with Gasteiger partial charge < -0.3 is 111 Å². The molecule has 20 N–H and O–H groups in total. The second-order valence-corrected chi connectivity index (χ2v) is 31.1. The van der Waals surface area contributed by atoms with Crippen LogP contribution in [-0.2, 0) is 32.5 Å². The van der Waals surface area contributed by atoms with Gasteiger partial charge in [-0.3, -0.25) is 0 Å². The van der Waals surface area contributed by atoms with Gasteiger partial charge in [0, 0.05) is 125 Å². The molecule has 2 saturated carbocycles. The van der Waals surface area contributed by atoms with Crippen LogP contribution >= 0.6 is 47.0 Å². The topological polar surface area (TPSA) is 405 Å². The number of aliphatic hydroxyl groups is 16. The second-order valence-electron chi connectivity index (χ2n) is 26.4. The van der Waals surface area contributed by atoms with E-state index in [1.165, 1.54) is 47.0 Å². The molecule has 22 nitrogen and oxygen atoms in total. The Bertz CT molecular complexity index is 3800. The first-order valence-corrected chi connectivity index (χ1v) is 37.5. The van der Waals surface area contributed by atoms with E-state index in [1.54, 1.807) is 0 Å². The van der Waals surface area contributed by atoms with Crippen LogP contribution in [0.4, 0.5) is 0 Å². The van der Waals surface area contributed by atoms with E-state index >= 15 is 0 Å². The lowest BCUT2D eigenvalue weighted by molar-refractivity contribution is -0.205. The first-order valence-electron chi connectivity index (χ1n) is 33.3. The molecule has 100 heavy (non-hydrogen) atoms. The molecule has 4 fully saturated rings. The number of benzene rings is 4. The van der Waals surface area contributed by atoms with Gasteiger partial charge in [0.2, 0.25) is 0 Å². The summed E-state index contributed by atoms with van der Waals surface area (Å²) in [5, 5.41) is 170. The molecule has 7 heterocycles. The summed E-state index contributed by atoms with van der Waals surface area (Å²) in [5.74, 6) is 0.523. The number of rotatable bonds is 20. The molecule has 4 aromatic carbocycles. The summed E-state index contributed by atoms with van der Waals surface area (Å²) >= 11 is 5.39. The molecule has 0 spiro atoms. The van der Waals surface area contributed by atoms with Crippen molar-refractivity contribution in [2.45, 2.75) is 143 Å². The summed E-state index contributed by atoms with van der Waals surface area (Å²) in [7, 11) is 0. The third kappa shape index (κ3) is 15.0. The SMILES string of the molecule is OCC1CC(SCc2ccc(C3=c4ccc([nH]4)=C(c4ccc(CSC5OC(CO)C(O)C(O)C5O)cc4)c4ccc([nH]4)C(c4ccc(CSC5OC(CO)C(O)C(O)C5O)cc4)=c4ccc([nH]4)=C(c4ccc(CSC5CC(CO)C(O)C(O)C5O)cc4)c4ccc3[nH]4)cc2)C(O)C(O)C1O. The number of aliphatic hydroxyl groups excluding tert-OH is 16. The number of thioether (sulfide) groups is 4. The Hall–Kier alpha value is -5.84.